The topological polar surface area (TPSA) is 29.3 Å². The summed E-state index contributed by atoms with van der Waals surface area (Å²) < 4.78 is 0. The van der Waals surface area contributed by atoms with Crippen LogP contribution in [0.5, 0.6) is 0 Å². The van der Waals surface area contributed by atoms with Crippen molar-refractivity contribution in [3.8, 4) is 0 Å². The summed E-state index contributed by atoms with van der Waals surface area (Å²) in [4.78, 5) is 2.67. The van der Waals surface area contributed by atoms with Gasteiger partial charge < -0.3 is 5.73 Å². The van der Waals surface area contributed by atoms with Gasteiger partial charge in [-0.2, -0.15) is 0 Å². The van der Waals surface area contributed by atoms with E-state index in [0.29, 0.717) is 6.04 Å². The molecule has 1 aromatic rings. The third-order valence-electron chi connectivity index (χ3n) is 4.18. The SMILES string of the molecule is CCCN(C1CC1)C1Cc2ccccc2C1N. The van der Waals surface area contributed by atoms with Crippen molar-refractivity contribution in [2.24, 2.45) is 5.73 Å². The first kappa shape index (κ1) is 11.2. The lowest BCUT2D eigenvalue weighted by atomic mass is 10.1. The van der Waals surface area contributed by atoms with E-state index < -0.39 is 0 Å². The van der Waals surface area contributed by atoms with Crippen molar-refractivity contribution in [3.05, 3.63) is 35.4 Å². The number of nitrogens with zero attached hydrogens (tertiary/aromatic N) is 1. The van der Waals surface area contributed by atoms with Crippen molar-refractivity contribution in [1.29, 1.82) is 0 Å². The van der Waals surface area contributed by atoms with Gasteiger partial charge in [0.05, 0.1) is 0 Å². The van der Waals surface area contributed by atoms with Gasteiger partial charge in [-0.25, -0.2) is 0 Å². The van der Waals surface area contributed by atoms with E-state index >= 15 is 0 Å². The monoisotopic (exact) mass is 230 g/mol. The fourth-order valence-electron chi connectivity index (χ4n) is 3.21. The maximum absolute atomic E-state index is 6.45. The van der Waals surface area contributed by atoms with Crippen molar-refractivity contribution in [3.63, 3.8) is 0 Å². The molecule has 2 N–H and O–H groups in total. The molecule has 0 saturated heterocycles. The summed E-state index contributed by atoms with van der Waals surface area (Å²) in [7, 11) is 0. The van der Waals surface area contributed by atoms with Gasteiger partial charge in [0.1, 0.15) is 0 Å². The predicted molar refractivity (Wildman–Crippen MR) is 70.9 cm³/mol. The second kappa shape index (κ2) is 4.43. The molecule has 92 valence electrons. The first-order valence-corrected chi connectivity index (χ1v) is 6.90. The van der Waals surface area contributed by atoms with Crippen molar-refractivity contribution in [1.82, 2.24) is 4.90 Å². The van der Waals surface area contributed by atoms with E-state index in [0.717, 1.165) is 12.5 Å². The van der Waals surface area contributed by atoms with Crippen LogP contribution in [0.4, 0.5) is 0 Å². The lowest BCUT2D eigenvalue weighted by molar-refractivity contribution is 0.170. The van der Waals surface area contributed by atoms with E-state index in [1.165, 1.54) is 36.9 Å². The highest BCUT2D eigenvalue weighted by atomic mass is 15.2. The third-order valence-corrected chi connectivity index (χ3v) is 4.18. The Morgan fingerprint density at radius 3 is 2.71 bits per heavy atom. The molecule has 0 amide bonds. The predicted octanol–water partition coefficient (Wildman–Crippen LogP) is 2.49. The molecule has 1 fully saturated rings. The van der Waals surface area contributed by atoms with Gasteiger partial charge >= 0.3 is 0 Å². The Bertz CT molecular complexity index is 398. The number of hydrogen-bond donors (Lipinski definition) is 1. The molecule has 0 radical (unpaired) electrons. The Labute approximate surface area is 104 Å². The average molecular weight is 230 g/mol. The van der Waals surface area contributed by atoms with Crippen LogP contribution in [0.2, 0.25) is 0 Å². The molecule has 0 bridgehead atoms. The fraction of sp³-hybridized carbons (Fsp3) is 0.600. The molecular weight excluding hydrogens is 208 g/mol. The molecule has 2 nitrogen and oxygen atoms in total. The Morgan fingerprint density at radius 2 is 2.06 bits per heavy atom. The average Bonchev–Trinajstić information content (AvgIpc) is 3.13. The molecule has 17 heavy (non-hydrogen) atoms. The van der Waals surface area contributed by atoms with Gasteiger partial charge in [0.15, 0.2) is 0 Å². The summed E-state index contributed by atoms with van der Waals surface area (Å²) >= 11 is 0. The first-order valence-electron chi connectivity index (χ1n) is 6.90. The highest BCUT2D eigenvalue weighted by molar-refractivity contribution is 5.37. The third kappa shape index (κ3) is 2.00. The molecule has 0 aliphatic heterocycles. The molecule has 2 heteroatoms. The van der Waals surface area contributed by atoms with Gasteiger partial charge in [0.25, 0.3) is 0 Å². The van der Waals surface area contributed by atoms with Crippen molar-refractivity contribution < 1.29 is 0 Å². The zero-order valence-electron chi connectivity index (χ0n) is 10.6. The van der Waals surface area contributed by atoms with Gasteiger partial charge in [-0.1, -0.05) is 31.2 Å². The Morgan fingerprint density at radius 1 is 1.29 bits per heavy atom. The lowest BCUT2D eigenvalue weighted by Crippen LogP contribution is -2.42. The highest BCUT2D eigenvalue weighted by Gasteiger charge is 2.39. The minimum atomic E-state index is 0.221. The first-order chi connectivity index (χ1) is 8.31. The van der Waals surface area contributed by atoms with Crippen LogP contribution < -0.4 is 5.73 Å². The van der Waals surface area contributed by atoms with E-state index in [1.54, 1.807) is 0 Å². The van der Waals surface area contributed by atoms with Crippen LogP contribution in [-0.4, -0.2) is 23.5 Å². The summed E-state index contributed by atoms with van der Waals surface area (Å²) in [6.45, 7) is 3.47. The molecule has 0 spiro atoms. The van der Waals surface area contributed by atoms with Crippen molar-refractivity contribution >= 4 is 0 Å². The largest absolute Gasteiger partial charge is 0.323 e. The molecule has 2 atom stereocenters. The number of rotatable bonds is 4. The van der Waals surface area contributed by atoms with Crippen molar-refractivity contribution in [2.45, 2.75) is 50.7 Å². The fourth-order valence-corrected chi connectivity index (χ4v) is 3.21. The van der Waals surface area contributed by atoms with E-state index in [1.807, 2.05) is 0 Å². The number of benzene rings is 1. The van der Waals surface area contributed by atoms with E-state index in [-0.39, 0.29) is 6.04 Å². The van der Waals surface area contributed by atoms with Crippen LogP contribution >= 0.6 is 0 Å². The highest BCUT2D eigenvalue weighted by Crippen LogP contribution is 2.38. The number of fused-ring (bicyclic) bond motifs is 1. The molecule has 2 unspecified atom stereocenters. The van der Waals surface area contributed by atoms with Gasteiger partial charge in [0.2, 0.25) is 0 Å². The summed E-state index contributed by atoms with van der Waals surface area (Å²) in [5, 5.41) is 0. The minimum Gasteiger partial charge on any atom is -0.323 e. The van der Waals surface area contributed by atoms with Gasteiger partial charge in [-0.3, -0.25) is 4.90 Å². The zero-order valence-corrected chi connectivity index (χ0v) is 10.6. The van der Waals surface area contributed by atoms with E-state index in [2.05, 4.69) is 36.1 Å². The van der Waals surface area contributed by atoms with Crippen molar-refractivity contribution in [2.75, 3.05) is 6.54 Å². The van der Waals surface area contributed by atoms with Gasteiger partial charge in [-0.05, 0) is 43.4 Å². The normalized spacial score (nSPS) is 27.5. The molecule has 3 rings (SSSR count). The molecule has 2 aliphatic carbocycles. The minimum absolute atomic E-state index is 0.221. The molecular formula is C15H22N2. The molecule has 1 saturated carbocycles. The summed E-state index contributed by atoms with van der Waals surface area (Å²) in [5.74, 6) is 0. The standard InChI is InChI=1S/C15H22N2/c1-2-9-17(12-7-8-12)14-10-11-5-3-4-6-13(11)15(14)16/h3-6,12,14-15H,2,7-10,16H2,1H3. The van der Waals surface area contributed by atoms with Crippen LogP contribution in [0.3, 0.4) is 0 Å². The van der Waals surface area contributed by atoms with Crippen LogP contribution in [0.25, 0.3) is 0 Å². The number of hydrogen-bond acceptors (Lipinski definition) is 2. The molecule has 2 aliphatic rings. The Hall–Kier alpha value is -0.860. The number of nitrogens with two attached hydrogens (primary N) is 1. The summed E-state index contributed by atoms with van der Waals surface area (Å²) in [5.41, 5.74) is 9.28. The zero-order chi connectivity index (χ0) is 11.8. The molecule has 0 heterocycles. The summed E-state index contributed by atoms with van der Waals surface area (Å²) in [6.07, 6.45) is 5.13. The van der Waals surface area contributed by atoms with Crippen LogP contribution in [0.1, 0.15) is 43.4 Å². The van der Waals surface area contributed by atoms with Crippen LogP contribution in [0, 0.1) is 0 Å². The second-order valence-electron chi connectivity index (χ2n) is 5.47. The quantitative estimate of drug-likeness (QED) is 0.861. The van der Waals surface area contributed by atoms with Gasteiger partial charge in [-0.15, -0.1) is 0 Å². The smallest absolute Gasteiger partial charge is 0.0459 e. The molecule has 0 aromatic heterocycles. The molecule has 1 aromatic carbocycles. The summed E-state index contributed by atoms with van der Waals surface area (Å²) in [6, 6.07) is 10.3. The second-order valence-corrected chi connectivity index (χ2v) is 5.47. The maximum Gasteiger partial charge on any atom is 0.0459 e. The maximum atomic E-state index is 6.45. The van der Waals surface area contributed by atoms with Crippen LogP contribution in [-0.2, 0) is 6.42 Å². The van der Waals surface area contributed by atoms with Gasteiger partial charge in [0, 0.05) is 18.1 Å². The Kier molecular flexibility index (Phi) is 2.93. The van der Waals surface area contributed by atoms with E-state index in [9.17, 15) is 0 Å². The lowest BCUT2D eigenvalue weighted by Gasteiger charge is -2.31. The van der Waals surface area contributed by atoms with E-state index in [4.69, 9.17) is 5.73 Å². The Balaban J connectivity index is 1.81. The van der Waals surface area contributed by atoms with Crippen LogP contribution in [0.15, 0.2) is 24.3 Å².